The minimum absolute atomic E-state index is 0.110. The van der Waals surface area contributed by atoms with Crippen LogP contribution in [0.5, 0.6) is 0 Å². The van der Waals surface area contributed by atoms with Crippen LogP contribution in [0.2, 0.25) is 0 Å². The predicted molar refractivity (Wildman–Crippen MR) is 240 cm³/mol. The highest BCUT2D eigenvalue weighted by molar-refractivity contribution is 7.26. The van der Waals surface area contributed by atoms with Crippen molar-refractivity contribution in [3.05, 3.63) is 175 Å². The van der Waals surface area contributed by atoms with E-state index in [1.807, 2.05) is 0 Å². The Labute approximate surface area is 375 Å². The van der Waals surface area contributed by atoms with Crippen molar-refractivity contribution in [2.24, 2.45) is 0 Å². The van der Waals surface area contributed by atoms with Gasteiger partial charge in [-0.1, -0.05) is 145 Å². The molecule has 0 radical (unpaired) electrons. The van der Waals surface area contributed by atoms with E-state index >= 15 is 0 Å². The van der Waals surface area contributed by atoms with Crippen molar-refractivity contribution >= 4 is 85.0 Å². The molecule has 0 aliphatic heterocycles. The fourth-order valence-electron chi connectivity index (χ4n) is 6.48. The van der Waals surface area contributed by atoms with Crippen molar-refractivity contribution in [2.75, 3.05) is 0 Å². The molecule has 6 heteroatoms. The summed E-state index contributed by atoms with van der Waals surface area (Å²) in [4.78, 5) is 13.1. The first kappa shape index (κ1) is 14.8. The lowest BCUT2D eigenvalue weighted by Gasteiger charge is -2.10. The zero-order valence-electron chi connectivity index (χ0n) is 57.1. The summed E-state index contributed by atoms with van der Waals surface area (Å²) in [6, 6.07) is -23.1. The molecule has 12 rings (SSSR count). The Kier molecular flexibility index (Phi) is 3.32. The molecule has 0 aliphatic carbocycles. The molecule has 0 saturated heterocycles. The van der Waals surface area contributed by atoms with Gasteiger partial charge in [-0.3, -0.25) is 0 Å². The highest BCUT2D eigenvalue weighted by atomic mass is 32.1. The number of benzene rings is 8. The second-order valence-electron chi connectivity index (χ2n) is 12.1. The summed E-state index contributed by atoms with van der Waals surface area (Å²) in [5.74, 6) is -2.20. The van der Waals surface area contributed by atoms with Crippen LogP contribution in [-0.2, 0) is 0 Å². The lowest BCUT2D eigenvalue weighted by molar-refractivity contribution is 0.670. The highest BCUT2D eigenvalue weighted by Gasteiger charge is 2.21. The average molecular weight is 793 g/mol. The van der Waals surface area contributed by atoms with Crippen LogP contribution in [-0.4, -0.2) is 15.0 Å². The molecular weight excluding hydrogens is 735 g/mol. The number of nitrogens with zero attached hydrogens (tertiary/aromatic N) is 3. The molecule has 57 heavy (non-hydrogen) atoms. The molecule has 0 aliphatic rings. The Morgan fingerprint density at radius 1 is 0.386 bits per heavy atom. The molecule has 4 heterocycles. The highest BCUT2D eigenvalue weighted by Crippen LogP contribution is 2.47. The number of hydrogen-bond acceptors (Lipinski definition) is 6. The van der Waals surface area contributed by atoms with E-state index in [4.69, 9.17) is 31.8 Å². The van der Waals surface area contributed by atoms with Gasteiger partial charge in [-0.25, -0.2) is 15.0 Å². The number of fused-ring (bicyclic) bond motifs is 9. The molecule has 266 valence electrons. The van der Waals surface area contributed by atoms with Crippen LogP contribution < -0.4 is 0 Å². The molecule has 0 bridgehead atoms. The summed E-state index contributed by atoms with van der Waals surface area (Å²) < 4.78 is 265. The Bertz CT molecular complexity index is 5100. The molecule has 0 N–H and O–H groups in total. The molecule has 0 spiro atoms. The molecule has 4 nitrogen and oxygen atoms in total. The minimum atomic E-state index is -0.919. The summed E-state index contributed by atoms with van der Waals surface area (Å²) in [5, 5.41) is -2.08. The summed E-state index contributed by atoms with van der Waals surface area (Å²) >= 11 is 1.22. The van der Waals surface area contributed by atoms with Crippen molar-refractivity contribution in [2.45, 2.75) is 0 Å². The smallest absolute Gasteiger partial charge is 0.165 e. The monoisotopic (exact) mass is 792 g/mol. The Balaban J connectivity index is 1.22. The normalized spacial score (nSPS) is 19.0. The van der Waals surface area contributed by atoms with Crippen LogP contribution in [0.15, 0.2) is 180 Å². The number of thiophene rings is 2. The first-order valence-electron chi connectivity index (χ1n) is 31.1. The van der Waals surface area contributed by atoms with Crippen LogP contribution >= 0.6 is 22.7 Å². The van der Waals surface area contributed by atoms with Gasteiger partial charge in [0.25, 0.3) is 0 Å². The summed E-state index contributed by atoms with van der Waals surface area (Å²) in [6.45, 7) is 0. The summed E-state index contributed by atoms with van der Waals surface area (Å²) in [5.41, 5.74) is -5.28. The molecule has 12 aromatic rings. The first-order valence-corrected chi connectivity index (χ1v) is 18.2. The largest absolute Gasteiger partial charge is 0.455 e. The second kappa shape index (κ2) is 12.8. The molecule has 8 aromatic carbocycles. The van der Waals surface area contributed by atoms with E-state index in [-0.39, 0.29) is 40.3 Å². The molecule has 0 atom stereocenters. The fourth-order valence-corrected chi connectivity index (χ4v) is 8.66. The van der Waals surface area contributed by atoms with Crippen LogP contribution in [0.4, 0.5) is 0 Å². The van der Waals surface area contributed by atoms with E-state index in [1.165, 1.54) is 0 Å². The number of aromatic nitrogens is 3. The van der Waals surface area contributed by atoms with Gasteiger partial charge in [0.1, 0.15) is 11.2 Å². The van der Waals surface area contributed by atoms with Gasteiger partial charge in [-0.2, -0.15) is 0 Å². The van der Waals surface area contributed by atoms with E-state index in [2.05, 4.69) is 15.0 Å². The van der Waals surface area contributed by atoms with E-state index < -0.39 is 254 Å². The van der Waals surface area contributed by atoms with Crippen molar-refractivity contribution in [3.8, 4) is 56.4 Å². The second-order valence-corrected chi connectivity index (χ2v) is 14.1. The fraction of sp³-hybridized carbons (Fsp3) is 0. The van der Waals surface area contributed by atoms with E-state index in [0.717, 1.165) is 0 Å². The number of para-hydroxylation sites is 1. The standard InChI is InChI=1S/C51H29N3OS2/c1-3-13-30(14-4-1)49-52-50(31-15-5-2-6-16-31)54-51(53-49)41-22-12-20-38-35-26-25-32(29-44(35)57-48(38)41)33-27-28-36(45-40-18-7-9-23-42(40)55-46(33)45)39-21-11-19-37-34-17-8-10-24-43(34)56-47(37)39/h1-29H/i1D,2D,3D,4D,5D,6D,7D,8D,9D,10D,11D,12D,13D,14D,15D,16D,17D,18D,19D,20D,21D,22D,23D,24D,25D,26D,27D,28D,29D. The third-order valence-corrected chi connectivity index (χ3v) is 11.2. The third kappa shape index (κ3) is 5.15. The van der Waals surface area contributed by atoms with E-state index in [9.17, 15) is 12.3 Å². The van der Waals surface area contributed by atoms with Crippen LogP contribution in [0.3, 0.4) is 0 Å². The van der Waals surface area contributed by atoms with Crippen molar-refractivity contribution in [3.63, 3.8) is 0 Å². The quantitative estimate of drug-likeness (QED) is 0.174. The van der Waals surface area contributed by atoms with Gasteiger partial charge in [-0.15, -0.1) is 22.7 Å². The average Bonchev–Trinajstić information content (AvgIpc) is 1.50. The van der Waals surface area contributed by atoms with Gasteiger partial charge in [0.15, 0.2) is 17.5 Å². The Hall–Kier alpha value is -6.99. The summed E-state index contributed by atoms with van der Waals surface area (Å²) in [7, 11) is 0. The molecule has 0 fully saturated rings. The van der Waals surface area contributed by atoms with Crippen molar-refractivity contribution in [1.29, 1.82) is 0 Å². The maximum Gasteiger partial charge on any atom is 0.165 e. The molecular formula is C51H29N3OS2. The van der Waals surface area contributed by atoms with Crippen LogP contribution in [0.1, 0.15) is 39.8 Å². The molecule has 4 aromatic heterocycles. The van der Waals surface area contributed by atoms with Gasteiger partial charge < -0.3 is 4.42 Å². The lowest BCUT2D eigenvalue weighted by Crippen LogP contribution is -2.00. The van der Waals surface area contributed by atoms with Crippen LogP contribution in [0, 0.1) is 0 Å². The van der Waals surface area contributed by atoms with Crippen molar-refractivity contribution < 1.29 is 44.2 Å². The first-order chi connectivity index (χ1) is 40.3. The number of rotatable bonds is 5. The SMILES string of the molecule is [2H]c1c([2H])c([2H])c(-c2nc(-c3c([2H])c([2H])c([2H])c([2H])c3[2H])nc(-c3c([2H])c([2H])c([2H])c4c3sc3c([2H])c(-c5c([2H])c([2H])c(-c6c([2H])c([2H])c([2H])c7c6sc6c([2H])c([2H])c([2H])c([2H])c67)c6c5oc5c([2H])c([2H])c([2H])c([2H])c56)c([2H])c([2H])c34)n2)c([2H])c1[2H]. The topological polar surface area (TPSA) is 51.8 Å². The Morgan fingerprint density at radius 2 is 0.947 bits per heavy atom. The summed E-state index contributed by atoms with van der Waals surface area (Å²) in [6.07, 6.45) is 0. The van der Waals surface area contributed by atoms with Gasteiger partial charge in [0.05, 0.1) is 39.8 Å². The zero-order chi connectivity index (χ0) is 62.7. The number of furan rings is 1. The maximum atomic E-state index is 9.95. The van der Waals surface area contributed by atoms with Crippen LogP contribution in [0.25, 0.3) is 119 Å². The third-order valence-electron chi connectivity index (χ3n) is 8.93. The predicted octanol–water partition coefficient (Wildman–Crippen LogP) is 14.8. The van der Waals surface area contributed by atoms with Crippen molar-refractivity contribution in [1.82, 2.24) is 15.0 Å². The lowest BCUT2D eigenvalue weighted by atomic mass is 9.93. The maximum absolute atomic E-state index is 9.95. The van der Waals surface area contributed by atoms with Gasteiger partial charge in [0, 0.05) is 78.9 Å². The van der Waals surface area contributed by atoms with Gasteiger partial charge in [0.2, 0.25) is 0 Å². The molecule has 0 saturated carbocycles. The Morgan fingerprint density at radius 3 is 1.70 bits per heavy atom. The van der Waals surface area contributed by atoms with Gasteiger partial charge in [-0.05, 0) is 41.3 Å². The minimum Gasteiger partial charge on any atom is -0.455 e. The van der Waals surface area contributed by atoms with Gasteiger partial charge >= 0.3 is 0 Å². The zero-order valence-corrected chi connectivity index (χ0v) is 29.7. The molecule has 0 amide bonds. The van der Waals surface area contributed by atoms with E-state index in [0.29, 0.717) is 22.7 Å². The molecule has 0 unspecified atom stereocenters. The number of hydrogen-bond donors (Lipinski definition) is 0. The van der Waals surface area contributed by atoms with E-state index in [1.54, 1.807) is 0 Å².